The van der Waals surface area contributed by atoms with Crippen LogP contribution in [0.1, 0.15) is 27.7 Å². The Hall–Kier alpha value is -0.570. The van der Waals surface area contributed by atoms with Crippen molar-refractivity contribution in [2.24, 2.45) is 10.8 Å². The largest absolute Gasteiger partial charge is 0.348 e. The average molecular weight is 198 g/mol. The Labute approximate surface area is 86.9 Å². The Balaban J connectivity index is 2.40. The second-order valence-electron chi connectivity index (χ2n) is 5.55. The number of likely N-dealkylation sites (N-methyl/N-ethyl adjacent to an activating group) is 1. The van der Waals surface area contributed by atoms with Gasteiger partial charge in [-0.05, 0) is 10.8 Å². The lowest BCUT2D eigenvalue weighted by Gasteiger charge is -2.11. The molecule has 1 amide bonds. The first-order valence-corrected chi connectivity index (χ1v) is 5.15. The zero-order valence-electron chi connectivity index (χ0n) is 10.1. The molecule has 3 nitrogen and oxygen atoms in total. The van der Waals surface area contributed by atoms with Crippen LogP contribution in [-0.4, -0.2) is 37.5 Å². The van der Waals surface area contributed by atoms with Gasteiger partial charge in [-0.15, -0.1) is 0 Å². The molecule has 1 aliphatic rings. The third kappa shape index (κ3) is 1.65. The average Bonchev–Trinajstić information content (AvgIpc) is 2.39. The molecule has 1 N–H and O–H groups in total. The van der Waals surface area contributed by atoms with Gasteiger partial charge in [0.25, 0.3) is 0 Å². The number of nitrogens with zero attached hydrogens (tertiary/aromatic N) is 1. The molecular weight excluding hydrogens is 176 g/mol. The van der Waals surface area contributed by atoms with E-state index in [1.54, 1.807) is 19.0 Å². The van der Waals surface area contributed by atoms with Crippen LogP contribution in [-0.2, 0) is 4.79 Å². The Bertz CT molecular complexity index is 230. The van der Waals surface area contributed by atoms with E-state index in [4.69, 9.17) is 0 Å². The molecule has 0 aromatic carbocycles. The van der Waals surface area contributed by atoms with E-state index in [1.165, 1.54) is 0 Å². The molecule has 0 unspecified atom stereocenters. The van der Waals surface area contributed by atoms with Crippen LogP contribution in [0, 0.1) is 10.8 Å². The van der Waals surface area contributed by atoms with Crippen LogP contribution in [0.2, 0.25) is 0 Å². The molecule has 1 aliphatic carbocycles. The van der Waals surface area contributed by atoms with Crippen molar-refractivity contribution in [3.05, 3.63) is 0 Å². The minimum absolute atomic E-state index is 0.142. The van der Waals surface area contributed by atoms with Crippen LogP contribution >= 0.6 is 0 Å². The molecule has 1 saturated carbocycles. The molecular formula is C11H22N2O. The fraction of sp³-hybridized carbons (Fsp3) is 0.909. The maximum atomic E-state index is 11.4. The van der Waals surface area contributed by atoms with Gasteiger partial charge in [-0.25, -0.2) is 0 Å². The van der Waals surface area contributed by atoms with E-state index in [0.717, 1.165) is 0 Å². The van der Waals surface area contributed by atoms with Crippen LogP contribution < -0.4 is 5.32 Å². The van der Waals surface area contributed by atoms with Crippen molar-refractivity contribution in [1.82, 2.24) is 10.2 Å². The summed E-state index contributed by atoms with van der Waals surface area (Å²) in [4.78, 5) is 13.0. The Morgan fingerprint density at radius 1 is 1.21 bits per heavy atom. The fourth-order valence-corrected chi connectivity index (χ4v) is 2.05. The van der Waals surface area contributed by atoms with Gasteiger partial charge in [0, 0.05) is 20.1 Å². The van der Waals surface area contributed by atoms with Gasteiger partial charge in [0.15, 0.2) is 0 Å². The van der Waals surface area contributed by atoms with Gasteiger partial charge in [-0.3, -0.25) is 4.79 Å². The van der Waals surface area contributed by atoms with Gasteiger partial charge in [-0.2, -0.15) is 0 Å². The van der Waals surface area contributed by atoms with Crippen molar-refractivity contribution in [3.63, 3.8) is 0 Å². The number of hydrogen-bond donors (Lipinski definition) is 1. The maximum Gasteiger partial charge on any atom is 0.236 e. The monoisotopic (exact) mass is 198 g/mol. The molecule has 1 rings (SSSR count). The van der Waals surface area contributed by atoms with Crippen molar-refractivity contribution >= 4 is 5.91 Å². The SMILES string of the molecule is CN(C)C(=O)CNC1C(C)(C)C1(C)C. The summed E-state index contributed by atoms with van der Waals surface area (Å²) in [6.45, 7) is 9.41. The summed E-state index contributed by atoms with van der Waals surface area (Å²) in [5.41, 5.74) is 0.610. The third-order valence-corrected chi connectivity index (χ3v) is 3.98. The molecule has 0 bridgehead atoms. The lowest BCUT2D eigenvalue weighted by molar-refractivity contribution is -0.127. The molecule has 0 spiro atoms. The number of rotatable bonds is 3. The molecule has 0 atom stereocenters. The predicted molar refractivity (Wildman–Crippen MR) is 58.0 cm³/mol. The van der Waals surface area contributed by atoms with E-state index >= 15 is 0 Å². The van der Waals surface area contributed by atoms with E-state index in [-0.39, 0.29) is 5.91 Å². The van der Waals surface area contributed by atoms with Crippen LogP contribution in [0.5, 0.6) is 0 Å². The highest BCUT2D eigenvalue weighted by Gasteiger charge is 2.64. The van der Waals surface area contributed by atoms with Crippen LogP contribution in [0.3, 0.4) is 0 Å². The second-order valence-corrected chi connectivity index (χ2v) is 5.55. The van der Waals surface area contributed by atoms with E-state index in [1.807, 2.05) is 0 Å². The molecule has 14 heavy (non-hydrogen) atoms. The third-order valence-electron chi connectivity index (χ3n) is 3.98. The summed E-state index contributed by atoms with van der Waals surface area (Å²) in [7, 11) is 3.57. The zero-order valence-corrected chi connectivity index (χ0v) is 10.1. The fourth-order valence-electron chi connectivity index (χ4n) is 2.05. The van der Waals surface area contributed by atoms with E-state index in [0.29, 0.717) is 23.4 Å². The molecule has 0 aliphatic heterocycles. The number of carbonyl (C=O) groups excluding carboxylic acids is 1. The van der Waals surface area contributed by atoms with Gasteiger partial charge in [0.2, 0.25) is 5.91 Å². The molecule has 0 aromatic heterocycles. The van der Waals surface area contributed by atoms with Crippen LogP contribution in [0.4, 0.5) is 0 Å². The topological polar surface area (TPSA) is 32.3 Å². The van der Waals surface area contributed by atoms with Gasteiger partial charge < -0.3 is 10.2 Å². The lowest BCUT2D eigenvalue weighted by atomic mass is 10.0. The molecule has 3 heteroatoms. The van der Waals surface area contributed by atoms with Crippen LogP contribution in [0.15, 0.2) is 0 Å². The number of amides is 1. The summed E-state index contributed by atoms with van der Waals surface area (Å²) in [6, 6.07) is 0.457. The number of nitrogens with one attached hydrogen (secondary N) is 1. The minimum Gasteiger partial charge on any atom is -0.348 e. The molecule has 0 saturated heterocycles. The standard InChI is InChI=1S/C11H22N2O/c1-10(2)9(11(10,3)4)12-7-8(14)13(5)6/h9,12H,7H2,1-6H3. The molecule has 0 aromatic rings. The lowest BCUT2D eigenvalue weighted by Crippen LogP contribution is -2.35. The normalized spacial score (nSPS) is 23.3. The molecule has 0 heterocycles. The predicted octanol–water partition coefficient (Wildman–Crippen LogP) is 1.10. The molecule has 82 valence electrons. The highest BCUT2D eigenvalue weighted by molar-refractivity contribution is 5.77. The molecule has 1 fully saturated rings. The number of hydrogen-bond acceptors (Lipinski definition) is 2. The number of carbonyl (C=O) groups is 1. The summed E-state index contributed by atoms with van der Waals surface area (Å²) in [6.07, 6.45) is 0. The van der Waals surface area contributed by atoms with Gasteiger partial charge >= 0.3 is 0 Å². The Kier molecular flexibility index (Phi) is 2.65. The second kappa shape index (κ2) is 3.23. The summed E-state index contributed by atoms with van der Waals surface area (Å²) in [5, 5.41) is 3.33. The minimum atomic E-state index is 0.142. The van der Waals surface area contributed by atoms with Crippen molar-refractivity contribution in [2.45, 2.75) is 33.7 Å². The van der Waals surface area contributed by atoms with E-state index in [2.05, 4.69) is 33.0 Å². The Morgan fingerprint density at radius 2 is 1.64 bits per heavy atom. The van der Waals surface area contributed by atoms with E-state index < -0.39 is 0 Å². The van der Waals surface area contributed by atoms with E-state index in [9.17, 15) is 4.79 Å². The van der Waals surface area contributed by atoms with Gasteiger partial charge in [0.1, 0.15) is 0 Å². The van der Waals surface area contributed by atoms with Gasteiger partial charge in [0.05, 0.1) is 6.54 Å². The maximum absolute atomic E-state index is 11.4. The van der Waals surface area contributed by atoms with Crippen molar-refractivity contribution < 1.29 is 4.79 Å². The highest BCUT2D eigenvalue weighted by atomic mass is 16.2. The summed E-state index contributed by atoms with van der Waals surface area (Å²) in [5.74, 6) is 0.142. The highest BCUT2D eigenvalue weighted by Crippen LogP contribution is 2.62. The van der Waals surface area contributed by atoms with Crippen LogP contribution in [0.25, 0.3) is 0 Å². The summed E-state index contributed by atoms with van der Waals surface area (Å²) >= 11 is 0. The van der Waals surface area contributed by atoms with Gasteiger partial charge in [-0.1, -0.05) is 27.7 Å². The first-order valence-electron chi connectivity index (χ1n) is 5.15. The molecule has 0 radical (unpaired) electrons. The van der Waals surface area contributed by atoms with Crippen molar-refractivity contribution in [3.8, 4) is 0 Å². The Morgan fingerprint density at radius 3 is 1.93 bits per heavy atom. The zero-order chi connectivity index (χ0) is 11.1. The smallest absolute Gasteiger partial charge is 0.236 e. The first kappa shape index (κ1) is 11.5. The van der Waals surface area contributed by atoms with Crippen molar-refractivity contribution in [2.75, 3.05) is 20.6 Å². The first-order chi connectivity index (χ1) is 6.21. The van der Waals surface area contributed by atoms with Crippen molar-refractivity contribution in [1.29, 1.82) is 0 Å². The summed E-state index contributed by atoms with van der Waals surface area (Å²) < 4.78 is 0. The quantitative estimate of drug-likeness (QED) is 0.736.